The van der Waals surface area contributed by atoms with Gasteiger partial charge in [0, 0.05) is 4.88 Å². The van der Waals surface area contributed by atoms with Gasteiger partial charge in [-0.2, -0.15) is 0 Å². The van der Waals surface area contributed by atoms with E-state index in [4.69, 9.17) is 0 Å². The third-order valence-electron chi connectivity index (χ3n) is 1.44. The van der Waals surface area contributed by atoms with Crippen LogP contribution in [0.1, 0.15) is 4.88 Å². The highest BCUT2D eigenvalue weighted by Gasteiger charge is 2.01. The maximum absolute atomic E-state index is 11.1. The van der Waals surface area contributed by atoms with Crippen molar-refractivity contribution in [3.8, 4) is 0 Å². The average molecular weight is 166 g/mol. The first-order valence-corrected chi connectivity index (χ1v) is 4.03. The molecule has 2 aromatic rings. The lowest BCUT2D eigenvalue weighted by atomic mass is 10.4. The molecule has 0 aromatic carbocycles. The first-order valence-electron chi connectivity index (χ1n) is 3.21. The molecule has 0 atom stereocenters. The number of aromatic nitrogens is 2. The number of H-pyrrole nitrogens is 1. The molecule has 0 unspecified atom stereocenters. The molecule has 2 rings (SSSR count). The van der Waals surface area contributed by atoms with Crippen molar-refractivity contribution in [3.05, 3.63) is 27.6 Å². The van der Waals surface area contributed by atoms with E-state index >= 15 is 0 Å². The van der Waals surface area contributed by atoms with Crippen molar-refractivity contribution in [2.24, 2.45) is 0 Å². The second-order valence-electron chi connectivity index (χ2n) is 2.30. The van der Waals surface area contributed by atoms with Crippen molar-refractivity contribution < 1.29 is 0 Å². The molecule has 56 valence electrons. The summed E-state index contributed by atoms with van der Waals surface area (Å²) in [4.78, 5) is 18.8. The summed E-state index contributed by atoms with van der Waals surface area (Å²) < 4.78 is 0.713. The predicted octanol–water partition coefficient (Wildman–Crippen LogP) is 1.29. The molecule has 0 amide bonds. The summed E-state index contributed by atoms with van der Waals surface area (Å²) in [6.45, 7) is 1.96. The van der Waals surface area contributed by atoms with Crippen molar-refractivity contribution in [2.75, 3.05) is 0 Å². The molecule has 0 saturated carbocycles. The van der Waals surface area contributed by atoms with Gasteiger partial charge in [0.05, 0.1) is 11.8 Å². The fourth-order valence-electron chi connectivity index (χ4n) is 0.985. The highest BCUT2D eigenvalue weighted by molar-refractivity contribution is 7.18. The Balaban J connectivity index is 3.02. The monoisotopic (exact) mass is 166 g/mol. The summed E-state index contributed by atoms with van der Waals surface area (Å²) in [6.07, 6.45) is 1.43. The zero-order valence-electron chi connectivity index (χ0n) is 5.92. The number of aromatic amines is 1. The average Bonchev–Trinajstić information content (AvgIpc) is 2.31. The van der Waals surface area contributed by atoms with E-state index in [1.165, 1.54) is 17.7 Å². The van der Waals surface area contributed by atoms with E-state index in [-0.39, 0.29) is 5.56 Å². The molecular weight excluding hydrogens is 160 g/mol. The topological polar surface area (TPSA) is 45.8 Å². The number of fused-ring (bicyclic) bond motifs is 1. The van der Waals surface area contributed by atoms with E-state index in [1.807, 2.05) is 13.0 Å². The largest absolute Gasteiger partial charge is 0.312 e. The van der Waals surface area contributed by atoms with Crippen LogP contribution in [0.4, 0.5) is 0 Å². The van der Waals surface area contributed by atoms with E-state index < -0.39 is 0 Å². The van der Waals surface area contributed by atoms with Crippen LogP contribution in [0.15, 0.2) is 17.2 Å². The van der Waals surface area contributed by atoms with Crippen molar-refractivity contribution in [1.29, 1.82) is 0 Å². The van der Waals surface area contributed by atoms with Gasteiger partial charge in [-0.3, -0.25) is 4.79 Å². The lowest BCUT2D eigenvalue weighted by molar-refractivity contribution is 1.18. The van der Waals surface area contributed by atoms with Crippen molar-refractivity contribution >= 4 is 21.6 Å². The quantitative estimate of drug-likeness (QED) is 0.641. The molecule has 1 N–H and O–H groups in total. The van der Waals surface area contributed by atoms with Crippen LogP contribution in [0.3, 0.4) is 0 Å². The third-order valence-corrected chi connectivity index (χ3v) is 2.48. The predicted molar refractivity (Wildman–Crippen MR) is 45.0 cm³/mol. The summed E-state index contributed by atoms with van der Waals surface area (Å²) in [5.41, 5.74) is 0.740. The molecular formula is C7H6N2OS. The Hall–Kier alpha value is -1.16. The fraction of sp³-hybridized carbons (Fsp3) is 0.143. The van der Waals surface area contributed by atoms with E-state index in [0.717, 1.165) is 10.4 Å². The van der Waals surface area contributed by atoms with E-state index in [0.29, 0.717) is 4.70 Å². The van der Waals surface area contributed by atoms with Gasteiger partial charge in [-0.25, -0.2) is 4.98 Å². The molecule has 3 nitrogen and oxygen atoms in total. The van der Waals surface area contributed by atoms with Crippen molar-refractivity contribution in [1.82, 2.24) is 9.97 Å². The highest BCUT2D eigenvalue weighted by Crippen LogP contribution is 2.18. The third kappa shape index (κ3) is 0.952. The van der Waals surface area contributed by atoms with Crippen molar-refractivity contribution in [3.63, 3.8) is 0 Å². The van der Waals surface area contributed by atoms with Crippen LogP contribution in [-0.2, 0) is 0 Å². The second-order valence-corrected chi connectivity index (χ2v) is 3.56. The van der Waals surface area contributed by atoms with E-state index in [1.54, 1.807) is 0 Å². The molecule has 0 aliphatic carbocycles. The van der Waals surface area contributed by atoms with E-state index in [2.05, 4.69) is 9.97 Å². The Kier molecular flexibility index (Phi) is 1.29. The lowest BCUT2D eigenvalue weighted by Gasteiger charge is -1.82. The van der Waals surface area contributed by atoms with Gasteiger partial charge >= 0.3 is 0 Å². The van der Waals surface area contributed by atoms with Gasteiger partial charge in [-0.05, 0) is 13.0 Å². The maximum Gasteiger partial charge on any atom is 0.268 e. The molecule has 2 aromatic heterocycles. The molecule has 2 heterocycles. The summed E-state index contributed by atoms with van der Waals surface area (Å²) in [5, 5.41) is 0. The standard InChI is InChI=1S/C7H6N2OS/c1-4-2-5-6(11-4)7(10)9-3-8-5/h2-3H,1H3,(H,8,9,10). The molecule has 0 spiro atoms. The molecule has 0 radical (unpaired) electrons. The SMILES string of the molecule is Cc1cc2nc[nH]c(=O)c2s1. The first-order chi connectivity index (χ1) is 5.27. The number of thiophene rings is 1. The van der Waals surface area contributed by atoms with Crippen LogP contribution in [0.5, 0.6) is 0 Å². The van der Waals surface area contributed by atoms with Crippen LogP contribution in [0.25, 0.3) is 10.2 Å². The van der Waals surface area contributed by atoms with Gasteiger partial charge in [0.15, 0.2) is 0 Å². The van der Waals surface area contributed by atoms with Crippen molar-refractivity contribution in [2.45, 2.75) is 6.92 Å². The molecule has 0 bridgehead atoms. The Morgan fingerprint density at radius 2 is 2.45 bits per heavy atom. The Bertz CT molecular complexity index is 443. The van der Waals surface area contributed by atoms with Crippen LogP contribution in [-0.4, -0.2) is 9.97 Å². The summed E-state index contributed by atoms with van der Waals surface area (Å²) in [7, 11) is 0. The molecule has 0 aliphatic rings. The van der Waals surface area contributed by atoms with Gasteiger partial charge in [0.25, 0.3) is 5.56 Å². The molecule has 11 heavy (non-hydrogen) atoms. The molecule has 0 saturated heterocycles. The first kappa shape index (κ1) is 6.54. The number of aryl methyl sites for hydroxylation is 1. The second kappa shape index (κ2) is 2.17. The summed E-state index contributed by atoms with van der Waals surface area (Å²) >= 11 is 1.47. The smallest absolute Gasteiger partial charge is 0.268 e. The molecule has 0 fully saturated rings. The number of hydrogen-bond donors (Lipinski definition) is 1. The van der Waals surface area contributed by atoms with Crippen LogP contribution < -0.4 is 5.56 Å². The van der Waals surface area contributed by atoms with Crippen LogP contribution in [0, 0.1) is 6.92 Å². The van der Waals surface area contributed by atoms with Gasteiger partial charge in [0.1, 0.15) is 4.70 Å². The number of nitrogens with one attached hydrogen (secondary N) is 1. The molecule has 4 heteroatoms. The Morgan fingerprint density at radius 3 is 3.18 bits per heavy atom. The fourth-order valence-corrected chi connectivity index (χ4v) is 1.85. The maximum atomic E-state index is 11.1. The zero-order chi connectivity index (χ0) is 7.84. The summed E-state index contributed by atoms with van der Waals surface area (Å²) in [6, 6.07) is 1.91. The minimum absolute atomic E-state index is 0.0481. The number of nitrogens with zero attached hydrogens (tertiary/aromatic N) is 1. The Labute approximate surface area is 66.7 Å². The lowest BCUT2D eigenvalue weighted by Crippen LogP contribution is -2.02. The minimum Gasteiger partial charge on any atom is -0.312 e. The number of hydrogen-bond acceptors (Lipinski definition) is 3. The van der Waals surface area contributed by atoms with Gasteiger partial charge in [0.2, 0.25) is 0 Å². The highest BCUT2D eigenvalue weighted by atomic mass is 32.1. The molecule has 0 aliphatic heterocycles. The van der Waals surface area contributed by atoms with E-state index in [9.17, 15) is 4.79 Å². The van der Waals surface area contributed by atoms with Gasteiger partial charge in [-0.15, -0.1) is 11.3 Å². The van der Waals surface area contributed by atoms with Crippen LogP contribution >= 0.6 is 11.3 Å². The van der Waals surface area contributed by atoms with Gasteiger partial charge < -0.3 is 4.98 Å². The zero-order valence-corrected chi connectivity index (χ0v) is 6.73. The Morgan fingerprint density at radius 1 is 1.64 bits per heavy atom. The summed E-state index contributed by atoms with van der Waals surface area (Å²) in [5.74, 6) is 0. The normalized spacial score (nSPS) is 10.6. The minimum atomic E-state index is -0.0481. The van der Waals surface area contributed by atoms with Gasteiger partial charge in [-0.1, -0.05) is 0 Å². The van der Waals surface area contributed by atoms with Crippen LogP contribution in [0.2, 0.25) is 0 Å². The number of rotatable bonds is 0.